The van der Waals surface area contributed by atoms with Crippen molar-refractivity contribution in [2.45, 2.75) is 46.1 Å². The standard InChI is InChI=1S/C17H29N3O.HI/c1-5-6-7-8-11-21-16-12-14(2)9-10-15(16)13-20-17(18-3)19-4;/h9-10,12H,5-8,11,13H2,1-4H3,(H2,18,19,20);1H. The van der Waals surface area contributed by atoms with Crippen molar-refractivity contribution in [1.82, 2.24) is 10.6 Å². The van der Waals surface area contributed by atoms with Gasteiger partial charge in [-0.3, -0.25) is 4.99 Å². The Morgan fingerprint density at radius 1 is 1.23 bits per heavy atom. The van der Waals surface area contributed by atoms with E-state index in [-0.39, 0.29) is 24.0 Å². The fourth-order valence-corrected chi connectivity index (χ4v) is 2.11. The van der Waals surface area contributed by atoms with Gasteiger partial charge >= 0.3 is 0 Å². The summed E-state index contributed by atoms with van der Waals surface area (Å²) in [7, 11) is 3.62. The molecule has 0 saturated carbocycles. The number of ether oxygens (including phenoxy) is 1. The molecule has 0 saturated heterocycles. The van der Waals surface area contributed by atoms with Crippen molar-refractivity contribution in [1.29, 1.82) is 0 Å². The number of guanidine groups is 1. The molecule has 0 radical (unpaired) electrons. The summed E-state index contributed by atoms with van der Waals surface area (Å²) in [6.45, 7) is 5.81. The van der Waals surface area contributed by atoms with Crippen molar-refractivity contribution in [3.8, 4) is 5.75 Å². The highest BCUT2D eigenvalue weighted by Gasteiger charge is 2.05. The fraction of sp³-hybridized carbons (Fsp3) is 0.588. The molecule has 0 aliphatic rings. The van der Waals surface area contributed by atoms with Crippen LogP contribution in [-0.2, 0) is 6.54 Å². The maximum atomic E-state index is 5.96. The van der Waals surface area contributed by atoms with Crippen LogP contribution >= 0.6 is 24.0 Å². The first-order valence-electron chi connectivity index (χ1n) is 7.82. The lowest BCUT2D eigenvalue weighted by atomic mass is 10.1. The molecule has 126 valence electrons. The van der Waals surface area contributed by atoms with E-state index in [1.807, 2.05) is 7.05 Å². The average Bonchev–Trinajstić information content (AvgIpc) is 2.49. The highest BCUT2D eigenvalue weighted by molar-refractivity contribution is 14.0. The maximum absolute atomic E-state index is 5.96. The first-order chi connectivity index (χ1) is 10.2. The molecule has 0 fully saturated rings. The number of nitrogens with one attached hydrogen (secondary N) is 2. The van der Waals surface area contributed by atoms with E-state index in [0.29, 0.717) is 6.54 Å². The number of benzene rings is 1. The minimum Gasteiger partial charge on any atom is -0.493 e. The van der Waals surface area contributed by atoms with Crippen LogP contribution in [0.25, 0.3) is 0 Å². The molecule has 2 N–H and O–H groups in total. The molecule has 0 aromatic heterocycles. The highest BCUT2D eigenvalue weighted by atomic mass is 127. The molecule has 0 atom stereocenters. The van der Waals surface area contributed by atoms with Gasteiger partial charge in [0.2, 0.25) is 0 Å². The van der Waals surface area contributed by atoms with Crippen LogP contribution in [0.2, 0.25) is 0 Å². The van der Waals surface area contributed by atoms with Gasteiger partial charge in [-0.2, -0.15) is 0 Å². The smallest absolute Gasteiger partial charge is 0.190 e. The Morgan fingerprint density at radius 2 is 2.00 bits per heavy atom. The number of nitrogens with zero attached hydrogens (tertiary/aromatic N) is 1. The largest absolute Gasteiger partial charge is 0.493 e. The summed E-state index contributed by atoms with van der Waals surface area (Å²) in [6, 6.07) is 6.34. The predicted molar refractivity (Wildman–Crippen MR) is 105 cm³/mol. The molecule has 0 amide bonds. The third-order valence-corrected chi connectivity index (χ3v) is 3.38. The zero-order chi connectivity index (χ0) is 15.5. The zero-order valence-electron chi connectivity index (χ0n) is 14.2. The summed E-state index contributed by atoms with van der Waals surface area (Å²) in [5.41, 5.74) is 2.38. The summed E-state index contributed by atoms with van der Waals surface area (Å²) < 4.78 is 5.96. The lowest BCUT2D eigenvalue weighted by molar-refractivity contribution is 0.301. The maximum Gasteiger partial charge on any atom is 0.190 e. The van der Waals surface area contributed by atoms with Gasteiger partial charge in [-0.05, 0) is 25.0 Å². The van der Waals surface area contributed by atoms with Crippen molar-refractivity contribution in [3.63, 3.8) is 0 Å². The van der Waals surface area contributed by atoms with Gasteiger partial charge in [0, 0.05) is 26.2 Å². The Kier molecular flexibility index (Phi) is 12.0. The monoisotopic (exact) mass is 419 g/mol. The minimum absolute atomic E-state index is 0. The van der Waals surface area contributed by atoms with Gasteiger partial charge in [-0.25, -0.2) is 0 Å². The van der Waals surface area contributed by atoms with E-state index in [9.17, 15) is 0 Å². The number of hydrogen-bond donors (Lipinski definition) is 2. The van der Waals surface area contributed by atoms with Crippen LogP contribution in [0.5, 0.6) is 5.75 Å². The van der Waals surface area contributed by atoms with Crippen LogP contribution in [0.4, 0.5) is 0 Å². The van der Waals surface area contributed by atoms with Crippen LogP contribution in [-0.4, -0.2) is 26.7 Å². The van der Waals surface area contributed by atoms with Crippen molar-refractivity contribution in [2.24, 2.45) is 4.99 Å². The lowest BCUT2D eigenvalue weighted by Gasteiger charge is -2.14. The molecule has 4 nitrogen and oxygen atoms in total. The number of rotatable bonds is 8. The second kappa shape index (κ2) is 12.6. The third-order valence-electron chi connectivity index (χ3n) is 3.38. The number of hydrogen-bond acceptors (Lipinski definition) is 2. The van der Waals surface area contributed by atoms with Crippen LogP contribution in [0.15, 0.2) is 23.2 Å². The number of aliphatic imine (C=N–C) groups is 1. The topological polar surface area (TPSA) is 45.6 Å². The van der Waals surface area contributed by atoms with Crippen molar-refractivity contribution < 1.29 is 4.74 Å². The van der Waals surface area contributed by atoms with E-state index in [4.69, 9.17) is 4.74 Å². The van der Waals surface area contributed by atoms with Crippen LogP contribution in [0.1, 0.15) is 43.7 Å². The second-order valence-electron chi connectivity index (χ2n) is 5.20. The van der Waals surface area contributed by atoms with Crippen molar-refractivity contribution in [3.05, 3.63) is 29.3 Å². The Bertz CT molecular complexity index is 450. The van der Waals surface area contributed by atoms with E-state index < -0.39 is 0 Å². The van der Waals surface area contributed by atoms with E-state index in [1.54, 1.807) is 7.05 Å². The third kappa shape index (κ3) is 7.87. The van der Waals surface area contributed by atoms with E-state index >= 15 is 0 Å². The first kappa shape index (κ1) is 21.0. The van der Waals surface area contributed by atoms with Crippen LogP contribution in [0, 0.1) is 6.92 Å². The number of unbranched alkanes of at least 4 members (excludes halogenated alkanes) is 3. The summed E-state index contributed by atoms with van der Waals surface area (Å²) in [5.74, 6) is 1.76. The van der Waals surface area contributed by atoms with E-state index in [0.717, 1.165) is 30.3 Å². The molecule has 1 rings (SSSR count). The summed E-state index contributed by atoms with van der Waals surface area (Å²) in [4.78, 5) is 4.12. The van der Waals surface area contributed by atoms with Gasteiger partial charge in [-0.1, -0.05) is 38.3 Å². The minimum atomic E-state index is 0. The molecule has 1 aromatic carbocycles. The number of aryl methyl sites for hydroxylation is 1. The zero-order valence-corrected chi connectivity index (χ0v) is 16.6. The second-order valence-corrected chi connectivity index (χ2v) is 5.20. The molecule has 5 heteroatoms. The summed E-state index contributed by atoms with van der Waals surface area (Å²) in [6.07, 6.45) is 4.89. The molecular formula is C17H30IN3O. The first-order valence-corrected chi connectivity index (χ1v) is 7.82. The summed E-state index contributed by atoms with van der Waals surface area (Å²) >= 11 is 0. The lowest BCUT2D eigenvalue weighted by Crippen LogP contribution is -2.34. The molecule has 22 heavy (non-hydrogen) atoms. The molecule has 0 aliphatic carbocycles. The molecular weight excluding hydrogens is 389 g/mol. The quantitative estimate of drug-likeness (QED) is 0.291. The van der Waals surface area contributed by atoms with Gasteiger partial charge in [0.15, 0.2) is 5.96 Å². The predicted octanol–water partition coefficient (Wildman–Crippen LogP) is 3.87. The SMILES string of the molecule is CCCCCCOc1cc(C)ccc1CNC(=NC)NC.I. The van der Waals surface area contributed by atoms with Crippen LogP contribution in [0.3, 0.4) is 0 Å². The van der Waals surface area contributed by atoms with Gasteiger partial charge in [0.05, 0.1) is 6.61 Å². The van der Waals surface area contributed by atoms with Crippen molar-refractivity contribution in [2.75, 3.05) is 20.7 Å². The summed E-state index contributed by atoms with van der Waals surface area (Å²) in [5, 5.41) is 6.28. The van der Waals surface area contributed by atoms with Crippen LogP contribution < -0.4 is 15.4 Å². The van der Waals surface area contributed by atoms with Gasteiger partial charge in [0.25, 0.3) is 0 Å². The Labute approximate surface area is 152 Å². The van der Waals surface area contributed by atoms with Gasteiger partial charge in [0.1, 0.15) is 5.75 Å². The number of halogens is 1. The molecule has 0 bridgehead atoms. The van der Waals surface area contributed by atoms with Gasteiger partial charge in [-0.15, -0.1) is 24.0 Å². The Hall–Kier alpha value is -0.980. The molecule has 0 spiro atoms. The fourth-order valence-electron chi connectivity index (χ4n) is 2.11. The highest BCUT2D eigenvalue weighted by Crippen LogP contribution is 2.20. The van der Waals surface area contributed by atoms with Crippen molar-refractivity contribution >= 4 is 29.9 Å². The van der Waals surface area contributed by atoms with E-state index in [2.05, 4.69) is 47.7 Å². The average molecular weight is 419 g/mol. The molecule has 0 heterocycles. The molecule has 0 unspecified atom stereocenters. The Balaban J connectivity index is 0.00000441. The normalized spacial score (nSPS) is 10.8. The molecule has 0 aliphatic heterocycles. The van der Waals surface area contributed by atoms with E-state index in [1.165, 1.54) is 24.8 Å². The van der Waals surface area contributed by atoms with Gasteiger partial charge < -0.3 is 15.4 Å². The molecule has 1 aromatic rings. The Morgan fingerprint density at radius 3 is 2.64 bits per heavy atom.